The van der Waals surface area contributed by atoms with E-state index in [9.17, 15) is 4.79 Å². The zero-order valence-corrected chi connectivity index (χ0v) is 11.3. The van der Waals surface area contributed by atoms with E-state index in [1.807, 2.05) is 0 Å². The fraction of sp³-hybridized carbons (Fsp3) is 0.429. The van der Waals surface area contributed by atoms with E-state index in [0.717, 1.165) is 19.3 Å². The Balaban J connectivity index is 2.55. The van der Waals surface area contributed by atoms with Crippen molar-refractivity contribution in [3.63, 3.8) is 0 Å². The van der Waals surface area contributed by atoms with Gasteiger partial charge < -0.3 is 9.47 Å². The average Bonchev–Trinajstić information content (AvgIpc) is 2.46. The van der Waals surface area contributed by atoms with Gasteiger partial charge in [0.05, 0.1) is 26.4 Å². The number of rotatable bonds is 8. The summed E-state index contributed by atoms with van der Waals surface area (Å²) in [5.41, 5.74) is 0.313. The van der Waals surface area contributed by atoms with E-state index in [4.69, 9.17) is 19.2 Å². The molecular weight excluding hydrogens is 248 g/mol. The van der Waals surface area contributed by atoms with Gasteiger partial charge in [-0.3, -0.25) is 4.89 Å². The van der Waals surface area contributed by atoms with Gasteiger partial charge in [-0.1, -0.05) is 19.8 Å². The highest BCUT2D eigenvalue weighted by atomic mass is 17.2. The maximum absolute atomic E-state index is 11.7. The van der Waals surface area contributed by atoms with Crippen molar-refractivity contribution in [1.82, 2.24) is 0 Å². The number of unbranched alkanes of at least 4 members (excludes halogenated alkanes) is 2. The molecule has 0 heterocycles. The van der Waals surface area contributed by atoms with Gasteiger partial charge in [-0.15, -0.1) is 0 Å². The second kappa shape index (κ2) is 8.37. The third kappa shape index (κ3) is 5.18. The molecule has 0 atom stereocenters. The normalized spacial score (nSPS) is 10.1. The Morgan fingerprint density at radius 3 is 2.26 bits per heavy atom. The number of hydrogen-bond acceptors (Lipinski definition) is 5. The first kappa shape index (κ1) is 15.3. The summed E-state index contributed by atoms with van der Waals surface area (Å²) in [5.74, 6) is 0.457. The molecule has 1 rings (SSSR count). The molecule has 1 radical (unpaired) electrons. The third-order valence-corrected chi connectivity index (χ3v) is 2.45. The van der Waals surface area contributed by atoms with Crippen LogP contribution in [0.5, 0.6) is 11.5 Å². The SMILES string of the molecule is [CH2]CCCCOOC(=O)c1cc(OC)cc(OC)c1. The zero-order chi connectivity index (χ0) is 14.1. The van der Waals surface area contributed by atoms with Crippen molar-refractivity contribution in [2.45, 2.75) is 19.3 Å². The number of hydrogen-bond donors (Lipinski definition) is 0. The van der Waals surface area contributed by atoms with Crippen molar-refractivity contribution in [1.29, 1.82) is 0 Å². The van der Waals surface area contributed by atoms with Gasteiger partial charge in [-0.05, 0) is 18.6 Å². The standard InChI is InChI=1S/C14H19O5/c1-4-5-6-7-18-19-14(15)11-8-12(16-2)10-13(9-11)17-3/h8-10H,1,4-7H2,2-3H3. The van der Waals surface area contributed by atoms with Crippen molar-refractivity contribution in [2.24, 2.45) is 0 Å². The lowest BCUT2D eigenvalue weighted by Crippen LogP contribution is -2.07. The molecule has 0 aliphatic rings. The van der Waals surface area contributed by atoms with E-state index in [-0.39, 0.29) is 0 Å². The van der Waals surface area contributed by atoms with Crippen molar-refractivity contribution in [3.8, 4) is 11.5 Å². The Morgan fingerprint density at radius 2 is 1.74 bits per heavy atom. The van der Waals surface area contributed by atoms with Gasteiger partial charge in [-0.25, -0.2) is 4.79 Å². The molecule has 0 bridgehead atoms. The summed E-state index contributed by atoms with van der Waals surface area (Å²) in [4.78, 5) is 21.3. The maximum atomic E-state index is 11.7. The second-order valence-corrected chi connectivity index (χ2v) is 3.85. The molecule has 19 heavy (non-hydrogen) atoms. The van der Waals surface area contributed by atoms with Crippen molar-refractivity contribution < 1.29 is 24.0 Å². The fourth-order valence-electron chi connectivity index (χ4n) is 1.41. The molecule has 1 aromatic carbocycles. The van der Waals surface area contributed by atoms with Crippen LogP contribution < -0.4 is 9.47 Å². The Labute approximate surface area is 113 Å². The molecule has 0 fully saturated rings. The van der Waals surface area contributed by atoms with E-state index in [1.54, 1.807) is 18.2 Å². The van der Waals surface area contributed by atoms with Crippen LogP contribution in [0.3, 0.4) is 0 Å². The van der Waals surface area contributed by atoms with Crippen LogP contribution in [0.15, 0.2) is 18.2 Å². The van der Waals surface area contributed by atoms with E-state index in [2.05, 4.69) is 6.92 Å². The highest BCUT2D eigenvalue weighted by Gasteiger charge is 2.12. The van der Waals surface area contributed by atoms with Crippen LogP contribution in [-0.2, 0) is 9.78 Å². The molecule has 0 amide bonds. The first-order valence-corrected chi connectivity index (χ1v) is 6.07. The van der Waals surface area contributed by atoms with Crippen LogP contribution in [0, 0.1) is 6.92 Å². The molecule has 105 valence electrons. The van der Waals surface area contributed by atoms with Gasteiger partial charge in [0.25, 0.3) is 0 Å². The van der Waals surface area contributed by atoms with Crippen LogP contribution in [0.1, 0.15) is 29.6 Å². The van der Waals surface area contributed by atoms with Crippen LogP contribution in [0.25, 0.3) is 0 Å². The Kier molecular flexibility index (Phi) is 6.74. The number of carbonyl (C=O) groups excluding carboxylic acids is 1. The summed E-state index contributed by atoms with van der Waals surface area (Å²) >= 11 is 0. The van der Waals surface area contributed by atoms with Crippen LogP contribution in [0.2, 0.25) is 0 Å². The molecule has 0 spiro atoms. The lowest BCUT2D eigenvalue weighted by Gasteiger charge is -2.07. The summed E-state index contributed by atoms with van der Waals surface area (Å²) in [7, 11) is 3.03. The van der Waals surface area contributed by atoms with Gasteiger partial charge in [-0.2, -0.15) is 4.89 Å². The lowest BCUT2D eigenvalue weighted by molar-refractivity contribution is -0.241. The predicted molar refractivity (Wildman–Crippen MR) is 70.1 cm³/mol. The number of carbonyl (C=O) groups is 1. The maximum Gasteiger partial charge on any atom is 0.373 e. The highest BCUT2D eigenvalue weighted by Crippen LogP contribution is 2.22. The molecule has 0 saturated carbocycles. The zero-order valence-electron chi connectivity index (χ0n) is 11.3. The van der Waals surface area contributed by atoms with E-state index in [0.29, 0.717) is 23.7 Å². The predicted octanol–water partition coefficient (Wildman–Crippen LogP) is 2.80. The van der Waals surface area contributed by atoms with Gasteiger partial charge in [0.1, 0.15) is 11.5 Å². The molecular formula is C14H19O5. The summed E-state index contributed by atoms with van der Waals surface area (Å²) in [5, 5.41) is 0. The topological polar surface area (TPSA) is 54.0 Å². The van der Waals surface area contributed by atoms with E-state index in [1.165, 1.54) is 14.2 Å². The smallest absolute Gasteiger partial charge is 0.373 e. The number of methoxy groups -OCH3 is 2. The summed E-state index contributed by atoms with van der Waals surface area (Å²) < 4.78 is 10.1. The molecule has 0 saturated heterocycles. The molecule has 5 nitrogen and oxygen atoms in total. The minimum atomic E-state index is -0.577. The number of ether oxygens (including phenoxy) is 2. The number of benzene rings is 1. The lowest BCUT2D eigenvalue weighted by atomic mass is 10.2. The van der Waals surface area contributed by atoms with Crippen molar-refractivity contribution >= 4 is 5.97 Å². The largest absolute Gasteiger partial charge is 0.497 e. The molecule has 0 N–H and O–H groups in total. The fourth-order valence-corrected chi connectivity index (χ4v) is 1.41. The highest BCUT2D eigenvalue weighted by molar-refractivity contribution is 5.90. The minimum absolute atomic E-state index is 0.313. The molecule has 1 aromatic rings. The summed E-state index contributed by atoms with van der Waals surface area (Å²) in [6.45, 7) is 4.08. The second-order valence-electron chi connectivity index (χ2n) is 3.85. The molecule has 0 aliphatic heterocycles. The van der Waals surface area contributed by atoms with Crippen LogP contribution in [-0.4, -0.2) is 26.8 Å². The monoisotopic (exact) mass is 267 g/mol. The first-order chi connectivity index (χ1) is 9.21. The average molecular weight is 267 g/mol. The van der Waals surface area contributed by atoms with Gasteiger partial charge >= 0.3 is 5.97 Å². The summed E-state index contributed by atoms with van der Waals surface area (Å²) in [6, 6.07) is 4.79. The van der Waals surface area contributed by atoms with Gasteiger partial charge in [0, 0.05) is 6.07 Å². The molecule has 0 unspecified atom stereocenters. The van der Waals surface area contributed by atoms with Crippen LogP contribution >= 0.6 is 0 Å². The Morgan fingerprint density at radius 1 is 1.11 bits per heavy atom. The first-order valence-electron chi connectivity index (χ1n) is 6.07. The molecule has 0 aliphatic carbocycles. The Bertz CT molecular complexity index is 381. The minimum Gasteiger partial charge on any atom is -0.497 e. The molecule has 0 aromatic heterocycles. The van der Waals surface area contributed by atoms with Crippen LogP contribution in [0.4, 0.5) is 0 Å². The van der Waals surface area contributed by atoms with Crippen molar-refractivity contribution in [2.75, 3.05) is 20.8 Å². The van der Waals surface area contributed by atoms with Gasteiger partial charge in [0.2, 0.25) is 0 Å². The molecule has 5 heteroatoms. The van der Waals surface area contributed by atoms with Crippen molar-refractivity contribution in [3.05, 3.63) is 30.7 Å². The Hall–Kier alpha value is -1.75. The quantitative estimate of drug-likeness (QED) is 0.412. The van der Waals surface area contributed by atoms with Gasteiger partial charge in [0.15, 0.2) is 0 Å². The third-order valence-electron chi connectivity index (χ3n) is 2.45. The van der Waals surface area contributed by atoms with E-state index >= 15 is 0 Å². The summed E-state index contributed by atoms with van der Waals surface area (Å²) in [6.07, 6.45) is 2.58. The van der Waals surface area contributed by atoms with E-state index < -0.39 is 5.97 Å².